The molecule has 4 unspecified atom stereocenters. The number of hydrogen-bond donors (Lipinski definition) is 2. The highest BCUT2D eigenvalue weighted by atomic mass is 16.5. The summed E-state index contributed by atoms with van der Waals surface area (Å²) in [6.45, 7) is 7.24. The molecular weight excluding hydrogens is 392 g/mol. The molecule has 4 atom stereocenters. The third kappa shape index (κ3) is 5.58. The quantitative estimate of drug-likeness (QED) is 0.560. The predicted octanol–water partition coefficient (Wildman–Crippen LogP) is 2.00. The summed E-state index contributed by atoms with van der Waals surface area (Å²) in [5.41, 5.74) is -0.499. The topological polar surface area (TPSA) is 123 Å². The van der Waals surface area contributed by atoms with Crippen molar-refractivity contribution in [1.82, 2.24) is 0 Å². The Hall–Kier alpha value is -2.45. The van der Waals surface area contributed by atoms with Gasteiger partial charge in [0.15, 0.2) is 5.78 Å². The maximum absolute atomic E-state index is 12.6. The van der Waals surface area contributed by atoms with Crippen LogP contribution in [0.5, 0.6) is 0 Å². The van der Waals surface area contributed by atoms with Gasteiger partial charge in [0, 0.05) is 19.3 Å². The van der Waals surface area contributed by atoms with Crippen LogP contribution in [0.4, 0.5) is 0 Å². The number of carbonyl (C=O) groups is 3. The van der Waals surface area contributed by atoms with Crippen LogP contribution in [0, 0.1) is 11.8 Å². The molecule has 1 aliphatic heterocycles. The highest BCUT2D eigenvalue weighted by Crippen LogP contribution is 2.31. The predicted molar refractivity (Wildman–Crippen MR) is 107 cm³/mol. The van der Waals surface area contributed by atoms with E-state index in [0.717, 1.165) is 5.57 Å². The molecule has 0 aliphatic carbocycles. The number of ketones is 1. The molecule has 30 heavy (non-hydrogen) atoms. The number of aliphatic hydroxyl groups is 2. The van der Waals surface area contributed by atoms with Crippen molar-refractivity contribution in [3.8, 4) is 0 Å². The Bertz CT molecular complexity index is 819. The molecule has 0 spiro atoms. The average Bonchev–Trinajstić information content (AvgIpc) is 3.06. The molecule has 1 aromatic heterocycles. The van der Waals surface area contributed by atoms with Gasteiger partial charge in [0.25, 0.3) is 0 Å². The van der Waals surface area contributed by atoms with Crippen LogP contribution < -0.4 is 0 Å². The van der Waals surface area contributed by atoms with Crippen molar-refractivity contribution >= 4 is 17.7 Å². The van der Waals surface area contributed by atoms with E-state index in [1.54, 1.807) is 0 Å². The Morgan fingerprint density at radius 3 is 2.47 bits per heavy atom. The van der Waals surface area contributed by atoms with E-state index in [-0.39, 0.29) is 24.3 Å². The molecule has 0 radical (unpaired) electrons. The fraction of sp³-hybridized carbons (Fsp3) is 0.591. The van der Waals surface area contributed by atoms with Crippen molar-refractivity contribution in [2.45, 2.75) is 57.7 Å². The minimum atomic E-state index is -1.59. The van der Waals surface area contributed by atoms with Crippen molar-refractivity contribution in [2.24, 2.45) is 11.8 Å². The molecule has 0 amide bonds. The van der Waals surface area contributed by atoms with Crippen LogP contribution in [0.3, 0.4) is 0 Å². The number of esters is 2. The van der Waals surface area contributed by atoms with Crippen LogP contribution in [0.1, 0.15) is 55.0 Å². The largest absolute Gasteiger partial charge is 0.469 e. The van der Waals surface area contributed by atoms with Crippen molar-refractivity contribution in [2.75, 3.05) is 14.2 Å². The summed E-state index contributed by atoms with van der Waals surface area (Å²) >= 11 is 0. The van der Waals surface area contributed by atoms with Gasteiger partial charge in [0.1, 0.15) is 23.2 Å². The zero-order chi connectivity index (χ0) is 22.6. The van der Waals surface area contributed by atoms with Crippen LogP contribution in [0.2, 0.25) is 0 Å². The molecule has 0 aromatic carbocycles. The second-order valence-corrected chi connectivity index (χ2v) is 8.26. The summed E-state index contributed by atoms with van der Waals surface area (Å²) in [6, 6.07) is 1.51. The lowest BCUT2D eigenvalue weighted by atomic mass is 9.83. The van der Waals surface area contributed by atoms with Crippen molar-refractivity contribution in [3.05, 3.63) is 35.3 Å². The number of carbonyl (C=O) groups excluding carboxylic acids is 3. The summed E-state index contributed by atoms with van der Waals surface area (Å²) in [5, 5.41) is 21.3. The number of ether oxygens (including phenoxy) is 2. The Balaban J connectivity index is 2.50. The number of hydrogen-bond acceptors (Lipinski definition) is 8. The molecule has 2 bridgehead atoms. The normalized spacial score (nSPS) is 27.9. The number of aliphatic hydroxyl groups excluding tert-OH is 1. The summed E-state index contributed by atoms with van der Waals surface area (Å²) in [7, 11) is 2.46. The highest BCUT2D eigenvalue weighted by molar-refractivity contribution is 5.91. The van der Waals surface area contributed by atoms with E-state index in [2.05, 4.69) is 6.58 Å². The lowest BCUT2D eigenvalue weighted by Crippen LogP contribution is -2.40. The van der Waals surface area contributed by atoms with E-state index in [4.69, 9.17) is 13.9 Å². The van der Waals surface area contributed by atoms with Gasteiger partial charge in [-0.05, 0) is 38.7 Å². The first kappa shape index (κ1) is 23.8. The maximum atomic E-state index is 12.6. The minimum Gasteiger partial charge on any atom is -0.469 e. The van der Waals surface area contributed by atoms with Gasteiger partial charge in [0.2, 0.25) is 0 Å². The molecular formula is C22H30O8. The number of fused-ring (bicyclic) bond motifs is 2. The summed E-state index contributed by atoms with van der Waals surface area (Å²) in [6.07, 6.45) is -1.15. The lowest BCUT2D eigenvalue weighted by Gasteiger charge is -2.26. The molecule has 0 fully saturated rings. The molecule has 0 saturated carbocycles. The fourth-order valence-corrected chi connectivity index (χ4v) is 3.83. The SMILES string of the molecule is C=C(C)C1CCC(C(=O)OC)C(O)C(=O)CC(C)(O)Cc2cc(C(=O)OC)c(o2)C1. The van der Waals surface area contributed by atoms with Gasteiger partial charge >= 0.3 is 11.9 Å². The van der Waals surface area contributed by atoms with Crippen LogP contribution in [-0.4, -0.2) is 53.9 Å². The molecule has 2 rings (SSSR count). The summed E-state index contributed by atoms with van der Waals surface area (Å²) in [4.78, 5) is 37.1. The number of furan rings is 1. The third-order valence-electron chi connectivity index (χ3n) is 5.55. The Morgan fingerprint density at radius 2 is 1.90 bits per heavy atom. The average molecular weight is 422 g/mol. The number of Topliss-reactive ketones (excluding diaryl/α,β-unsaturated/α-hetero) is 1. The Labute approximate surface area is 175 Å². The fourth-order valence-electron chi connectivity index (χ4n) is 3.83. The molecule has 2 N–H and O–H groups in total. The molecule has 0 saturated heterocycles. The monoisotopic (exact) mass is 422 g/mol. The van der Waals surface area contributed by atoms with Crippen LogP contribution in [-0.2, 0) is 31.9 Å². The van der Waals surface area contributed by atoms with Gasteiger partial charge < -0.3 is 24.1 Å². The standard InChI is InChI=1S/C22H30O8/c1-12(2)13-6-7-15(20(25)28-4)19(24)17(23)11-22(3,27)10-14-9-16(21(26)29-5)18(8-13)30-14/h9,13,15,19,24,27H,1,6-8,10-11H2,2-5H3. The van der Waals surface area contributed by atoms with Crippen LogP contribution in [0.25, 0.3) is 0 Å². The summed E-state index contributed by atoms with van der Waals surface area (Å²) < 4.78 is 15.5. The van der Waals surface area contributed by atoms with Crippen LogP contribution in [0.15, 0.2) is 22.6 Å². The molecule has 8 heteroatoms. The van der Waals surface area contributed by atoms with E-state index < -0.39 is 41.8 Å². The van der Waals surface area contributed by atoms with Gasteiger partial charge in [-0.1, -0.05) is 12.2 Å². The van der Waals surface area contributed by atoms with E-state index in [1.807, 2.05) is 6.92 Å². The number of allylic oxidation sites excluding steroid dienone is 1. The first-order chi connectivity index (χ1) is 14.0. The zero-order valence-electron chi connectivity index (χ0n) is 17.9. The van der Waals surface area contributed by atoms with Gasteiger partial charge in [-0.15, -0.1) is 0 Å². The first-order valence-electron chi connectivity index (χ1n) is 9.85. The first-order valence-corrected chi connectivity index (χ1v) is 9.85. The Morgan fingerprint density at radius 1 is 1.23 bits per heavy atom. The van der Waals surface area contributed by atoms with E-state index >= 15 is 0 Å². The second kappa shape index (κ2) is 9.57. The van der Waals surface area contributed by atoms with Gasteiger partial charge in [-0.3, -0.25) is 9.59 Å². The molecule has 8 nitrogen and oxygen atoms in total. The lowest BCUT2D eigenvalue weighted by molar-refractivity contribution is -0.155. The van der Waals surface area contributed by atoms with E-state index in [0.29, 0.717) is 24.4 Å². The second-order valence-electron chi connectivity index (χ2n) is 8.26. The molecule has 2 heterocycles. The number of methoxy groups -OCH3 is 2. The third-order valence-corrected chi connectivity index (χ3v) is 5.55. The van der Waals surface area contributed by atoms with E-state index in [1.165, 1.54) is 27.2 Å². The van der Waals surface area contributed by atoms with Crippen molar-refractivity contribution in [1.29, 1.82) is 0 Å². The zero-order valence-corrected chi connectivity index (χ0v) is 17.9. The van der Waals surface area contributed by atoms with Gasteiger partial charge in [-0.25, -0.2) is 4.79 Å². The van der Waals surface area contributed by atoms with Crippen molar-refractivity contribution < 1.29 is 38.5 Å². The highest BCUT2D eigenvalue weighted by Gasteiger charge is 2.38. The smallest absolute Gasteiger partial charge is 0.341 e. The number of rotatable bonds is 3. The molecule has 1 aromatic rings. The molecule has 166 valence electrons. The van der Waals surface area contributed by atoms with Crippen LogP contribution >= 0.6 is 0 Å². The molecule has 1 aliphatic rings. The Kier molecular flexibility index (Phi) is 7.60. The maximum Gasteiger partial charge on any atom is 0.341 e. The van der Waals surface area contributed by atoms with E-state index in [9.17, 15) is 24.6 Å². The van der Waals surface area contributed by atoms with Crippen molar-refractivity contribution in [3.63, 3.8) is 0 Å². The minimum absolute atomic E-state index is 0.0594. The van der Waals surface area contributed by atoms with Gasteiger partial charge in [-0.2, -0.15) is 0 Å². The van der Waals surface area contributed by atoms with Gasteiger partial charge in [0.05, 0.1) is 25.7 Å². The summed E-state index contributed by atoms with van der Waals surface area (Å²) in [5.74, 6) is -2.45.